The number of amides is 3. The number of aliphatic hydroxyl groups is 1. The lowest BCUT2D eigenvalue weighted by atomic mass is 9.72. The van der Waals surface area contributed by atoms with E-state index in [4.69, 9.17) is 0 Å². The smallest absolute Gasteiger partial charge is 0.317 e. The summed E-state index contributed by atoms with van der Waals surface area (Å²) in [7, 11) is 0. The van der Waals surface area contributed by atoms with Crippen molar-refractivity contribution in [1.82, 2.24) is 15.5 Å². The van der Waals surface area contributed by atoms with Gasteiger partial charge in [0.1, 0.15) is 5.82 Å². The fourth-order valence-electron chi connectivity index (χ4n) is 3.28. The summed E-state index contributed by atoms with van der Waals surface area (Å²) in [6.07, 6.45) is 1.78. The molecule has 1 aromatic carbocycles. The first kappa shape index (κ1) is 20.2. The summed E-state index contributed by atoms with van der Waals surface area (Å²) in [4.78, 5) is 26.0. The van der Waals surface area contributed by atoms with E-state index in [1.807, 2.05) is 0 Å². The number of halogens is 1. The molecule has 1 atom stereocenters. The maximum atomic E-state index is 12.9. The number of urea groups is 1. The summed E-state index contributed by atoms with van der Waals surface area (Å²) in [5.74, 6) is -0.412. The number of rotatable bonds is 6. The molecule has 1 aliphatic heterocycles. The van der Waals surface area contributed by atoms with E-state index in [1.54, 1.807) is 4.90 Å². The second kappa shape index (κ2) is 8.98. The third-order valence-corrected chi connectivity index (χ3v) is 5.23. The standard InChI is InChI=1S/C19H28FN3O3/c1-14(2)19(13-24)8-3-11-23(12-19)18(26)22-10-9-21-17(25)15-4-6-16(20)7-5-15/h4-7,14,24H,3,8-13H2,1-2H3,(H,21,25)(H,22,26). The molecule has 1 saturated heterocycles. The Labute approximate surface area is 153 Å². The first-order chi connectivity index (χ1) is 12.4. The molecule has 2 rings (SSSR count). The SMILES string of the molecule is CC(C)C1(CO)CCCN(C(=O)NCCNC(=O)c2ccc(F)cc2)C1. The fourth-order valence-corrected chi connectivity index (χ4v) is 3.28. The Morgan fingerprint density at radius 2 is 1.88 bits per heavy atom. The maximum absolute atomic E-state index is 12.9. The summed E-state index contributed by atoms with van der Waals surface area (Å²) in [6.45, 7) is 6.01. The molecule has 0 aliphatic carbocycles. The summed E-state index contributed by atoms with van der Waals surface area (Å²) in [6, 6.07) is 5.11. The Balaban J connectivity index is 1.76. The Kier molecular flexibility index (Phi) is 6.97. The number of hydrogen-bond donors (Lipinski definition) is 3. The van der Waals surface area contributed by atoms with E-state index in [2.05, 4.69) is 24.5 Å². The molecule has 1 aromatic rings. The zero-order valence-corrected chi connectivity index (χ0v) is 15.4. The highest BCUT2D eigenvalue weighted by Gasteiger charge is 2.39. The number of carbonyl (C=O) groups excluding carboxylic acids is 2. The van der Waals surface area contributed by atoms with Crippen molar-refractivity contribution < 1.29 is 19.1 Å². The van der Waals surface area contributed by atoms with Gasteiger partial charge in [-0.15, -0.1) is 0 Å². The van der Waals surface area contributed by atoms with Gasteiger partial charge >= 0.3 is 6.03 Å². The van der Waals surface area contributed by atoms with Gasteiger partial charge in [0.25, 0.3) is 5.91 Å². The largest absolute Gasteiger partial charge is 0.396 e. The van der Waals surface area contributed by atoms with E-state index in [1.165, 1.54) is 24.3 Å². The first-order valence-corrected chi connectivity index (χ1v) is 9.05. The number of nitrogens with one attached hydrogen (secondary N) is 2. The van der Waals surface area contributed by atoms with E-state index in [0.29, 0.717) is 25.2 Å². The second-order valence-corrected chi connectivity index (χ2v) is 7.20. The Morgan fingerprint density at radius 3 is 2.50 bits per heavy atom. The molecule has 0 bridgehead atoms. The highest BCUT2D eigenvalue weighted by atomic mass is 19.1. The minimum atomic E-state index is -0.393. The van der Waals surface area contributed by atoms with Crippen LogP contribution in [0.25, 0.3) is 0 Å². The van der Waals surface area contributed by atoms with Crippen LogP contribution in [0.2, 0.25) is 0 Å². The quantitative estimate of drug-likeness (QED) is 0.675. The van der Waals surface area contributed by atoms with Gasteiger partial charge in [0, 0.05) is 37.2 Å². The molecule has 7 heteroatoms. The molecular weight excluding hydrogens is 337 g/mol. The maximum Gasteiger partial charge on any atom is 0.317 e. The molecule has 144 valence electrons. The van der Waals surface area contributed by atoms with E-state index in [0.717, 1.165) is 12.8 Å². The van der Waals surface area contributed by atoms with Crippen molar-refractivity contribution in [2.45, 2.75) is 26.7 Å². The number of carbonyl (C=O) groups is 2. The molecule has 1 unspecified atom stereocenters. The van der Waals surface area contributed by atoms with Crippen LogP contribution >= 0.6 is 0 Å². The summed E-state index contributed by atoms with van der Waals surface area (Å²) in [5, 5.41) is 15.3. The molecule has 0 saturated carbocycles. The van der Waals surface area contributed by atoms with Gasteiger partial charge in [0.2, 0.25) is 0 Å². The molecule has 0 spiro atoms. The number of likely N-dealkylation sites (tertiary alicyclic amines) is 1. The number of benzene rings is 1. The third kappa shape index (κ3) is 4.94. The lowest BCUT2D eigenvalue weighted by Crippen LogP contribution is -2.53. The van der Waals surface area contributed by atoms with E-state index in [-0.39, 0.29) is 36.4 Å². The first-order valence-electron chi connectivity index (χ1n) is 9.05. The van der Waals surface area contributed by atoms with Crippen LogP contribution in [0, 0.1) is 17.2 Å². The van der Waals surface area contributed by atoms with Gasteiger partial charge in [0.15, 0.2) is 0 Å². The van der Waals surface area contributed by atoms with Crippen molar-refractivity contribution in [3.8, 4) is 0 Å². The van der Waals surface area contributed by atoms with Crippen molar-refractivity contribution >= 4 is 11.9 Å². The Hall–Kier alpha value is -2.15. The van der Waals surface area contributed by atoms with Crippen molar-refractivity contribution in [3.63, 3.8) is 0 Å². The topological polar surface area (TPSA) is 81.7 Å². The summed E-state index contributed by atoms with van der Waals surface area (Å²) < 4.78 is 12.9. The lowest BCUT2D eigenvalue weighted by Gasteiger charge is -2.44. The van der Waals surface area contributed by atoms with Crippen LogP contribution in [0.5, 0.6) is 0 Å². The van der Waals surface area contributed by atoms with Crippen molar-refractivity contribution in [2.24, 2.45) is 11.3 Å². The van der Waals surface area contributed by atoms with Crippen molar-refractivity contribution in [2.75, 3.05) is 32.8 Å². The van der Waals surface area contributed by atoms with E-state index in [9.17, 15) is 19.1 Å². The van der Waals surface area contributed by atoms with Crippen LogP contribution in [-0.4, -0.2) is 54.7 Å². The second-order valence-electron chi connectivity index (χ2n) is 7.20. The van der Waals surface area contributed by atoms with Gasteiger partial charge in [-0.05, 0) is 43.0 Å². The number of aliphatic hydroxyl groups excluding tert-OH is 1. The van der Waals surface area contributed by atoms with Gasteiger partial charge in [0.05, 0.1) is 6.61 Å². The van der Waals surface area contributed by atoms with Crippen LogP contribution in [0.3, 0.4) is 0 Å². The lowest BCUT2D eigenvalue weighted by molar-refractivity contribution is 0.0109. The van der Waals surface area contributed by atoms with Crippen LogP contribution < -0.4 is 10.6 Å². The zero-order chi connectivity index (χ0) is 19.2. The monoisotopic (exact) mass is 365 g/mol. The minimum absolute atomic E-state index is 0.0716. The molecule has 1 heterocycles. The molecule has 0 aromatic heterocycles. The molecule has 1 aliphatic rings. The van der Waals surface area contributed by atoms with Crippen LogP contribution in [0.4, 0.5) is 9.18 Å². The Bertz CT molecular complexity index is 621. The third-order valence-electron chi connectivity index (χ3n) is 5.23. The fraction of sp³-hybridized carbons (Fsp3) is 0.579. The van der Waals surface area contributed by atoms with Crippen molar-refractivity contribution in [1.29, 1.82) is 0 Å². The molecule has 1 fully saturated rings. The summed E-state index contributed by atoms with van der Waals surface area (Å²) >= 11 is 0. The van der Waals surface area contributed by atoms with Crippen molar-refractivity contribution in [3.05, 3.63) is 35.6 Å². The van der Waals surface area contributed by atoms with E-state index < -0.39 is 5.82 Å². The molecule has 3 amide bonds. The van der Waals surface area contributed by atoms with Gasteiger partial charge in [-0.1, -0.05) is 13.8 Å². The minimum Gasteiger partial charge on any atom is -0.396 e. The number of hydrogen-bond acceptors (Lipinski definition) is 3. The van der Waals surface area contributed by atoms with Gasteiger partial charge in [-0.3, -0.25) is 4.79 Å². The molecule has 3 N–H and O–H groups in total. The van der Waals surface area contributed by atoms with Crippen LogP contribution in [0.1, 0.15) is 37.0 Å². The summed E-state index contributed by atoms with van der Waals surface area (Å²) in [5.41, 5.74) is 0.130. The van der Waals surface area contributed by atoms with Crippen LogP contribution in [-0.2, 0) is 0 Å². The zero-order valence-electron chi connectivity index (χ0n) is 15.4. The molecule has 6 nitrogen and oxygen atoms in total. The normalized spacial score (nSPS) is 20.1. The predicted octanol–water partition coefficient (Wildman–Crippen LogP) is 2.00. The molecule has 26 heavy (non-hydrogen) atoms. The highest BCUT2D eigenvalue weighted by molar-refractivity contribution is 5.94. The highest BCUT2D eigenvalue weighted by Crippen LogP contribution is 2.36. The Morgan fingerprint density at radius 1 is 1.23 bits per heavy atom. The van der Waals surface area contributed by atoms with E-state index >= 15 is 0 Å². The molecular formula is C19H28FN3O3. The van der Waals surface area contributed by atoms with Gasteiger partial charge in [-0.25, -0.2) is 9.18 Å². The average molecular weight is 365 g/mol. The van der Waals surface area contributed by atoms with Gasteiger partial charge in [-0.2, -0.15) is 0 Å². The van der Waals surface area contributed by atoms with Crippen LogP contribution in [0.15, 0.2) is 24.3 Å². The average Bonchev–Trinajstić information content (AvgIpc) is 2.65. The van der Waals surface area contributed by atoms with Gasteiger partial charge < -0.3 is 20.6 Å². The number of nitrogens with zero attached hydrogens (tertiary/aromatic N) is 1. The number of piperidine rings is 1. The predicted molar refractivity (Wildman–Crippen MR) is 97.3 cm³/mol. The molecule has 0 radical (unpaired) electrons.